The van der Waals surface area contributed by atoms with Crippen molar-refractivity contribution in [3.8, 4) is 0 Å². The van der Waals surface area contributed by atoms with E-state index in [4.69, 9.17) is 0 Å². The van der Waals surface area contributed by atoms with Gasteiger partial charge < -0.3 is 10.2 Å². The fraction of sp³-hybridized carbons (Fsp3) is 0.389. The molecule has 1 aromatic heterocycles. The summed E-state index contributed by atoms with van der Waals surface area (Å²) in [5, 5.41) is 3.01. The van der Waals surface area contributed by atoms with Gasteiger partial charge in [-0.05, 0) is 24.6 Å². The zero-order chi connectivity index (χ0) is 17.6. The average molecular weight is 343 g/mol. The van der Waals surface area contributed by atoms with E-state index in [9.17, 15) is 9.18 Å². The number of halogens is 1. The van der Waals surface area contributed by atoms with Gasteiger partial charge in [-0.3, -0.25) is 9.69 Å². The number of nitrogens with one attached hydrogen (secondary N) is 1. The molecule has 0 bridgehead atoms. The third-order valence-electron chi connectivity index (χ3n) is 4.19. The summed E-state index contributed by atoms with van der Waals surface area (Å²) in [5.41, 5.74) is 1.45. The molecule has 132 valence electrons. The number of amides is 1. The highest BCUT2D eigenvalue weighted by Crippen LogP contribution is 2.12. The minimum absolute atomic E-state index is 0.0477. The Labute approximate surface area is 146 Å². The number of hydrogen-bond acceptors (Lipinski definition) is 5. The maximum absolute atomic E-state index is 13.3. The summed E-state index contributed by atoms with van der Waals surface area (Å²) in [6.45, 7) is 6.20. The summed E-state index contributed by atoms with van der Waals surface area (Å²) in [6, 6.07) is 6.65. The van der Waals surface area contributed by atoms with Crippen LogP contribution in [-0.4, -0.2) is 58.4 Å². The number of hydrogen-bond donors (Lipinski definition) is 1. The molecule has 1 N–H and O–H groups in total. The molecule has 0 radical (unpaired) electrons. The lowest BCUT2D eigenvalue weighted by atomic mass is 10.2. The lowest BCUT2D eigenvalue weighted by Gasteiger charge is -2.34. The molecule has 7 heteroatoms. The van der Waals surface area contributed by atoms with Gasteiger partial charge in [-0.1, -0.05) is 12.1 Å². The Morgan fingerprint density at radius 3 is 2.56 bits per heavy atom. The molecule has 25 heavy (non-hydrogen) atoms. The molecule has 1 saturated heterocycles. The van der Waals surface area contributed by atoms with Crippen LogP contribution in [0.1, 0.15) is 22.8 Å². The van der Waals surface area contributed by atoms with Crippen molar-refractivity contribution < 1.29 is 9.18 Å². The van der Waals surface area contributed by atoms with Crippen molar-refractivity contribution in [2.24, 2.45) is 0 Å². The van der Waals surface area contributed by atoms with Gasteiger partial charge in [-0.15, -0.1) is 0 Å². The number of nitrogens with zero attached hydrogens (tertiary/aromatic N) is 4. The van der Waals surface area contributed by atoms with Crippen molar-refractivity contribution in [3.05, 3.63) is 53.6 Å². The van der Waals surface area contributed by atoms with E-state index in [1.807, 2.05) is 17.9 Å². The van der Waals surface area contributed by atoms with E-state index in [2.05, 4.69) is 20.2 Å². The van der Waals surface area contributed by atoms with Gasteiger partial charge in [-0.2, -0.15) is 0 Å². The molecule has 0 spiro atoms. The zero-order valence-corrected chi connectivity index (χ0v) is 14.3. The van der Waals surface area contributed by atoms with E-state index in [0.717, 1.165) is 25.2 Å². The summed E-state index contributed by atoms with van der Waals surface area (Å²) in [6.07, 6.45) is 3.12. The summed E-state index contributed by atoms with van der Waals surface area (Å²) in [4.78, 5) is 24.9. The summed E-state index contributed by atoms with van der Waals surface area (Å²) in [7, 11) is 0. The zero-order valence-electron chi connectivity index (χ0n) is 14.3. The van der Waals surface area contributed by atoms with Crippen LogP contribution in [0.3, 0.4) is 0 Å². The van der Waals surface area contributed by atoms with Crippen LogP contribution in [0.15, 0.2) is 36.7 Å². The van der Waals surface area contributed by atoms with E-state index in [0.29, 0.717) is 31.1 Å². The number of rotatable bonds is 5. The van der Waals surface area contributed by atoms with Gasteiger partial charge in [0.15, 0.2) is 0 Å². The van der Waals surface area contributed by atoms with E-state index < -0.39 is 0 Å². The second-order valence-corrected chi connectivity index (χ2v) is 6.02. The summed E-state index contributed by atoms with van der Waals surface area (Å²) in [5.74, 6) is 0.264. The molecule has 0 aliphatic carbocycles. The minimum Gasteiger partial charge on any atom is -0.355 e. The van der Waals surface area contributed by atoms with Crippen molar-refractivity contribution in [1.82, 2.24) is 19.8 Å². The number of aromatic nitrogens is 2. The number of carbonyl (C=O) groups is 1. The quantitative estimate of drug-likeness (QED) is 0.900. The Kier molecular flexibility index (Phi) is 5.55. The molecule has 1 fully saturated rings. The van der Waals surface area contributed by atoms with Crippen molar-refractivity contribution >= 4 is 11.9 Å². The van der Waals surface area contributed by atoms with Crippen LogP contribution in [0.4, 0.5) is 10.3 Å². The van der Waals surface area contributed by atoms with Crippen LogP contribution >= 0.6 is 0 Å². The molecular weight excluding hydrogens is 321 g/mol. The predicted molar refractivity (Wildman–Crippen MR) is 93.8 cm³/mol. The van der Waals surface area contributed by atoms with Crippen LogP contribution in [-0.2, 0) is 6.54 Å². The second-order valence-electron chi connectivity index (χ2n) is 6.02. The van der Waals surface area contributed by atoms with Crippen LogP contribution in [0.25, 0.3) is 0 Å². The molecule has 1 amide bonds. The molecule has 0 unspecified atom stereocenters. The van der Waals surface area contributed by atoms with Gasteiger partial charge in [0.05, 0.1) is 5.56 Å². The molecule has 3 rings (SSSR count). The van der Waals surface area contributed by atoms with Crippen LogP contribution in [0.5, 0.6) is 0 Å². The number of carbonyl (C=O) groups excluding carboxylic acids is 1. The topological polar surface area (TPSA) is 61.4 Å². The van der Waals surface area contributed by atoms with Gasteiger partial charge in [-0.25, -0.2) is 14.4 Å². The van der Waals surface area contributed by atoms with Crippen LogP contribution < -0.4 is 5.32 Å². The Balaban J connectivity index is 1.53. The minimum atomic E-state index is -0.215. The first-order chi connectivity index (χ1) is 12.2. The van der Waals surface area contributed by atoms with Gasteiger partial charge in [0, 0.05) is 51.7 Å². The maximum Gasteiger partial charge on any atom is 0.257 e. The smallest absolute Gasteiger partial charge is 0.257 e. The Bertz CT molecular complexity index is 714. The number of piperazine rings is 1. The Morgan fingerprint density at radius 1 is 1.20 bits per heavy atom. The van der Waals surface area contributed by atoms with E-state index >= 15 is 0 Å². The van der Waals surface area contributed by atoms with Crippen molar-refractivity contribution in [2.75, 3.05) is 38.0 Å². The fourth-order valence-corrected chi connectivity index (χ4v) is 2.87. The molecule has 2 heterocycles. The first-order valence-electron chi connectivity index (χ1n) is 8.47. The fourth-order valence-electron chi connectivity index (χ4n) is 2.87. The molecule has 1 aliphatic rings. The van der Waals surface area contributed by atoms with E-state index in [-0.39, 0.29) is 11.7 Å². The van der Waals surface area contributed by atoms with Crippen molar-refractivity contribution in [1.29, 1.82) is 0 Å². The van der Waals surface area contributed by atoms with Gasteiger partial charge in [0.2, 0.25) is 5.95 Å². The first kappa shape index (κ1) is 17.3. The number of benzene rings is 1. The third-order valence-corrected chi connectivity index (χ3v) is 4.19. The van der Waals surface area contributed by atoms with Crippen LogP contribution in [0, 0.1) is 5.82 Å². The standard InChI is InChI=1S/C18H22FN5O/c1-2-20-18-21-11-15(12-22-18)17(25)24-8-6-23(7-9-24)13-14-4-3-5-16(19)10-14/h3-5,10-12H,2,6-9,13H2,1H3,(H,20,21,22). The lowest BCUT2D eigenvalue weighted by Crippen LogP contribution is -2.48. The first-order valence-corrected chi connectivity index (χ1v) is 8.47. The van der Waals surface area contributed by atoms with E-state index in [1.165, 1.54) is 6.07 Å². The normalized spacial score (nSPS) is 15.2. The highest BCUT2D eigenvalue weighted by atomic mass is 19.1. The maximum atomic E-state index is 13.3. The summed E-state index contributed by atoms with van der Waals surface area (Å²) >= 11 is 0. The molecule has 0 saturated carbocycles. The second kappa shape index (κ2) is 8.02. The van der Waals surface area contributed by atoms with Crippen molar-refractivity contribution in [3.63, 3.8) is 0 Å². The number of anilines is 1. The molecule has 6 nitrogen and oxygen atoms in total. The average Bonchev–Trinajstić information content (AvgIpc) is 2.63. The van der Waals surface area contributed by atoms with E-state index in [1.54, 1.807) is 24.5 Å². The van der Waals surface area contributed by atoms with Gasteiger partial charge in [0.1, 0.15) is 5.82 Å². The summed E-state index contributed by atoms with van der Waals surface area (Å²) < 4.78 is 13.3. The molecule has 2 aromatic rings. The Morgan fingerprint density at radius 2 is 1.92 bits per heavy atom. The third kappa shape index (κ3) is 4.51. The highest BCUT2D eigenvalue weighted by molar-refractivity contribution is 5.93. The van der Waals surface area contributed by atoms with Gasteiger partial charge in [0.25, 0.3) is 5.91 Å². The highest BCUT2D eigenvalue weighted by Gasteiger charge is 2.22. The molecular formula is C18H22FN5O. The monoisotopic (exact) mass is 343 g/mol. The SMILES string of the molecule is CCNc1ncc(C(=O)N2CCN(Cc3cccc(F)c3)CC2)cn1. The lowest BCUT2D eigenvalue weighted by molar-refractivity contribution is 0.0627. The molecule has 1 aromatic carbocycles. The van der Waals surface area contributed by atoms with Crippen molar-refractivity contribution in [2.45, 2.75) is 13.5 Å². The molecule has 1 aliphatic heterocycles. The molecule has 0 atom stereocenters. The largest absolute Gasteiger partial charge is 0.355 e. The predicted octanol–water partition coefficient (Wildman–Crippen LogP) is 2.01. The van der Waals surface area contributed by atoms with Gasteiger partial charge >= 0.3 is 0 Å². The Hall–Kier alpha value is -2.54. The van der Waals surface area contributed by atoms with Crippen LogP contribution in [0.2, 0.25) is 0 Å².